The van der Waals surface area contributed by atoms with E-state index in [0.717, 1.165) is 17.6 Å². The second-order valence-corrected chi connectivity index (χ2v) is 9.30. The summed E-state index contributed by atoms with van der Waals surface area (Å²) < 4.78 is 13.9. The number of carbonyl (C=O) groups is 3. The number of allylic oxidation sites excluding steroid dienone is 2. The maximum Gasteiger partial charge on any atom is 0.255 e. The summed E-state index contributed by atoms with van der Waals surface area (Å²) in [5, 5.41) is 5.64. The number of carbonyl (C=O) groups excluding carboxylic acids is 3. The number of hydrogen-bond donors (Lipinski definition) is 3. The van der Waals surface area contributed by atoms with Gasteiger partial charge in [0, 0.05) is 30.1 Å². The maximum absolute atomic E-state index is 13.9. The number of alkyl halides is 1. The molecule has 0 spiro atoms. The highest BCUT2D eigenvalue weighted by molar-refractivity contribution is 6.07. The number of amides is 3. The lowest BCUT2D eigenvalue weighted by molar-refractivity contribution is -0.134. The topological polar surface area (TPSA) is 105 Å². The Kier molecular flexibility index (Phi) is 7.19. The van der Waals surface area contributed by atoms with Crippen molar-refractivity contribution in [3.63, 3.8) is 0 Å². The minimum absolute atomic E-state index is 0.0245. The Morgan fingerprint density at radius 2 is 1.94 bits per heavy atom. The van der Waals surface area contributed by atoms with E-state index in [4.69, 9.17) is 5.73 Å². The zero-order valence-corrected chi connectivity index (χ0v) is 20.0. The number of nitrogens with one attached hydrogen (secondary N) is 2. The molecule has 8 heteroatoms. The normalized spacial score (nSPS) is 20.8. The van der Waals surface area contributed by atoms with Crippen LogP contribution in [0.1, 0.15) is 55.5 Å². The SMILES string of the molecule is CC1C=C(c2ccc(N)c(NC(=O)c3cccc(NC(=O)C(C)N4CCCC4=O)c3)c2)CCC1F. The summed E-state index contributed by atoms with van der Waals surface area (Å²) in [4.78, 5) is 39.1. The molecule has 0 saturated carbocycles. The average Bonchev–Trinajstić information content (AvgIpc) is 3.27. The molecule has 4 rings (SSSR count). The van der Waals surface area contributed by atoms with Crippen LogP contribution in [0.5, 0.6) is 0 Å². The van der Waals surface area contributed by atoms with Crippen LogP contribution in [0.25, 0.3) is 5.57 Å². The van der Waals surface area contributed by atoms with Gasteiger partial charge in [0.2, 0.25) is 11.8 Å². The second kappa shape index (κ2) is 10.3. The molecule has 0 radical (unpaired) electrons. The van der Waals surface area contributed by atoms with E-state index < -0.39 is 12.2 Å². The molecule has 2 aliphatic rings. The van der Waals surface area contributed by atoms with E-state index in [9.17, 15) is 18.8 Å². The zero-order chi connectivity index (χ0) is 25.1. The molecule has 3 unspecified atom stereocenters. The fourth-order valence-corrected chi connectivity index (χ4v) is 4.57. The van der Waals surface area contributed by atoms with Crippen molar-refractivity contribution < 1.29 is 18.8 Å². The molecule has 2 aromatic carbocycles. The number of likely N-dealkylation sites (tertiary alicyclic amines) is 1. The fourth-order valence-electron chi connectivity index (χ4n) is 4.57. The number of nitrogens with two attached hydrogens (primary N) is 1. The summed E-state index contributed by atoms with van der Waals surface area (Å²) in [6, 6.07) is 11.4. The molecule has 0 aromatic heterocycles. The van der Waals surface area contributed by atoms with Gasteiger partial charge < -0.3 is 21.3 Å². The number of halogens is 1. The van der Waals surface area contributed by atoms with Gasteiger partial charge in [-0.1, -0.05) is 25.1 Å². The summed E-state index contributed by atoms with van der Waals surface area (Å²) in [5.74, 6) is -0.857. The zero-order valence-electron chi connectivity index (χ0n) is 20.0. The number of rotatable bonds is 6. The van der Waals surface area contributed by atoms with Gasteiger partial charge in [-0.3, -0.25) is 14.4 Å². The van der Waals surface area contributed by atoms with E-state index >= 15 is 0 Å². The predicted octanol–water partition coefficient (Wildman–Crippen LogP) is 4.62. The van der Waals surface area contributed by atoms with Gasteiger partial charge in [0.15, 0.2) is 0 Å². The van der Waals surface area contributed by atoms with E-state index in [1.54, 1.807) is 42.2 Å². The smallest absolute Gasteiger partial charge is 0.255 e. The third-order valence-corrected chi connectivity index (χ3v) is 6.75. The Bertz CT molecular complexity index is 1180. The second-order valence-electron chi connectivity index (χ2n) is 9.30. The van der Waals surface area contributed by atoms with Crippen LogP contribution in [-0.4, -0.2) is 41.4 Å². The Labute approximate surface area is 204 Å². The summed E-state index contributed by atoms with van der Waals surface area (Å²) >= 11 is 0. The van der Waals surface area contributed by atoms with Gasteiger partial charge >= 0.3 is 0 Å². The third kappa shape index (κ3) is 5.53. The number of nitrogens with zero attached hydrogens (tertiary/aromatic N) is 1. The highest BCUT2D eigenvalue weighted by Crippen LogP contribution is 2.34. The molecule has 1 heterocycles. The summed E-state index contributed by atoms with van der Waals surface area (Å²) in [7, 11) is 0. The molecule has 1 aliphatic carbocycles. The first-order chi connectivity index (χ1) is 16.7. The lowest BCUT2D eigenvalue weighted by Gasteiger charge is -2.23. The van der Waals surface area contributed by atoms with Crippen LogP contribution in [-0.2, 0) is 9.59 Å². The van der Waals surface area contributed by atoms with Crippen LogP contribution in [0.15, 0.2) is 48.5 Å². The van der Waals surface area contributed by atoms with E-state index in [0.29, 0.717) is 48.4 Å². The first-order valence-corrected chi connectivity index (χ1v) is 12.0. The molecule has 1 fully saturated rings. The molecule has 1 saturated heterocycles. The molecule has 35 heavy (non-hydrogen) atoms. The molecule has 2 aromatic rings. The number of anilines is 3. The summed E-state index contributed by atoms with van der Waals surface area (Å²) in [5.41, 5.74) is 9.76. The van der Waals surface area contributed by atoms with Gasteiger partial charge in [-0.25, -0.2) is 4.39 Å². The Balaban J connectivity index is 1.46. The standard InChI is InChI=1S/C27H31FN4O3/c1-16-13-18(8-10-22(16)28)19-9-11-23(29)24(15-19)31-27(35)20-5-3-6-21(14-20)30-26(34)17(2)32-12-4-7-25(32)33/h3,5-6,9,11,13-17,22H,4,7-8,10,12,29H2,1-2H3,(H,30,34)(H,31,35). The van der Waals surface area contributed by atoms with Crippen LogP contribution in [0.4, 0.5) is 21.5 Å². The molecule has 3 amide bonds. The molecule has 184 valence electrons. The minimum atomic E-state index is -0.835. The number of benzene rings is 2. The molecular formula is C27H31FN4O3. The predicted molar refractivity (Wildman–Crippen MR) is 136 cm³/mol. The average molecular weight is 479 g/mol. The Hall–Kier alpha value is -3.68. The monoisotopic (exact) mass is 478 g/mol. The van der Waals surface area contributed by atoms with Crippen molar-refractivity contribution in [2.45, 2.75) is 51.7 Å². The van der Waals surface area contributed by atoms with Crippen LogP contribution in [0.2, 0.25) is 0 Å². The van der Waals surface area contributed by atoms with Crippen molar-refractivity contribution in [2.24, 2.45) is 5.92 Å². The number of hydrogen-bond acceptors (Lipinski definition) is 4. The number of nitrogen functional groups attached to an aromatic ring is 1. The van der Waals surface area contributed by atoms with Gasteiger partial charge in [-0.2, -0.15) is 0 Å². The van der Waals surface area contributed by atoms with Crippen LogP contribution in [0.3, 0.4) is 0 Å². The van der Waals surface area contributed by atoms with Crippen molar-refractivity contribution in [1.82, 2.24) is 4.90 Å². The molecular weight excluding hydrogens is 447 g/mol. The lowest BCUT2D eigenvalue weighted by Crippen LogP contribution is -2.42. The van der Waals surface area contributed by atoms with Gasteiger partial charge in [0.1, 0.15) is 12.2 Å². The highest BCUT2D eigenvalue weighted by atomic mass is 19.1. The molecule has 1 aliphatic heterocycles. The largest absolute Gasteiger partial charge is 0.397 e. The van der Waals surface area contributed by atoms with Crippen molar-refractivity contribution in [2.75, 3.05) is 22.9 Å². The summed E-state index contributed by atoms with van der Waals surface area (Å²) in [6.45, 7) is 4.13. The van der Waals surface area contributed by atoms with Gasteiger partial charge in [0.05, 0.1) is 11.4 Å². The highest BCUT2D eigenvalue weighted by Gasteiger charge is 2.29. The van der Waals surface area contributed by atoms with Crippen LogP contribution >= 0.6 is 0 Å². The van der Waals surface area contributed by atoms with Crippen molar-refractivity contribution >= 4 is 40.4 Å². The Morgan fingerprint density at radius 1 is 1.14 bits per heavy atom. The Morgan fingerprint density at radius 3 is 2.66 bits per heavy atom. The first kappa shape index (κ1) is 24.4. The quantitative estimate of drug-likeness (QED) is 0.527. The van der Waals surface area contributed by atoms with Crippen molar-refractivity contribution in [3.05, 3.63) is 59.7 Å². The minimum Gasteiger partial charge on any atom is -0.397 e. The van der Waals surface area contributed by atoms with Crippen LogP contribution in [0, 0.1) is 5.92 Å². The van der Waals surface area contributed by atoms with E-state index in [2.05, 4.69) is 10.6 Å². The van der Waals surface area contributed by atoms with E-state index in [1.165, 1.54) is 0 Å². The molecule has 3 atom stereocenters. The maximum atomic E-state index is 13.9. The van der Waals surface area contributed by atoms with Gasteiger partial charge in [-0.15, -0.1) is 0 Å². The van der Waals surface area contributed by atoms with Crippen molar-refractivity contribution in [3.8, 4) is 0 Å². The first-order valence-electron chi connectivity index (χ1n) is 12.0. The van der Waals surface area contributed by atoms with Crippen LogP contribution < -0.4 is 16.4 Å². The molecule has 4 N–H and O–H groups in total. The van der Waals surface area contributed by atoms with Gasteiger partial charge in [-0.05, 0) is 67.7 Å². The van der Waals surface area contributed by atoms with E-state index in [-0.39, 0.29) is 23.6 Å². The lowest BCUT2D eigenvalue weighted by atomic mass is 9.86. The summed E-state index contributed by atoms with van der Waals surface area (Å²) in [6.07, 6.45) is 3.42. The molecule has 0 bridgehead atoms. The van der Waals surface area contributed by atoms with Gasteiger partial charge in [0.25, 0.3) is 5.91 Å². The van der Waals surface area contributed by atoms with E-state index in [1.807, 2.05) is 25.1 Å². The fraction of sp³-hybridized carbons (Fsp3) is 0.370. The van der Waals surface area contributed by atoms with Crippen molar-refractivity contribution in [1.29, 1.82) is 0 Å². The molecule has 7 nitrogen and oxygen atoms in total. The third-order valence-electron chi connectivity index (χ3n) is 6.75.